The quantitative estimate of drug-likeness (QED) is 0.183. The third-order valence-electron chi connectivity index (χ3n) is 10.1. The lowest BCUT2D eigenvalue weighted by molar-refractivity contribution is 0.447. The van der Waals surface area contributed by atoms with Crippen LogP contribution in [0.3, 0.4) is 0 Å². The van der Waals surface area contributed by atoms with Crippen LogP contribution in [0, 0.1) is 0 Å². The molecule has 0 N–H and O–H groups in total. The molecule has 2 heterocycles. The summed E-state index contributed by atoms with van der Waals surface area (Å²) in [6.45, 7) is 4.48. The van der Waals surface area contributed by atoms with E-state index in [2.05, 4.69) is 135 Å². The van der Waals surface area contributed by atoms with E-state index in [9.17, 15) is 0 Å². The molecule has 48 heavy (non-hydrogen) atoms. The van der Waals surface area contributed by atoms with Crippen LogP contribution in [0.4, 0.5) is 0 Å². The van der Waals surface area contributed by atoms with Gasteiger partial charge < -0.3 is 9.15 Å². The largest absolute Gasteiger partial charge is 0.461 e. The highest BCUT2D eigenvalue weighted by Gasteiger charge is 2.20. The normalized spacial score (nSPS) is 17.0. The molecule has 9 rings (SSSR count). The van der Waals surface area contributed by atoms with E-state index in [4.69, 9.17) is 9.15 Å². The Kier molecular flexibility index (Phi) is 6.90. The molecule has 0 saturated carbocycles. The van der Waals surface area contributed by atoms with Crippen molar-refractivity contribution in [1.82, 2.24) is 0 Å². The Hall–Kier alpha value is -5.60. The molecule has 0 bridgehead atoms. The maximum atomic E-state index is 6.44. The van der Waals surface area contributed by atoms with Crippen LogP contribution >= 0.6 is 0 Å². The average molecular weight is 621 g/mol. The van der Waals surface area contributed by atoms with E-state index < -0.39 is 0 Å². The Labute approximate surface area is 280 Å². The van der Waals surface area contributed by atoms with Gasteiger partial charge in [0, 0.05) is 22.8 Å². The highest BCUT2D eigenvalue weighted by atomic mass is 16.5. The number of fused-ring (bicyclic) bond motifs is 7. The molecule has 0 radical (unpaired) electrons. The summed E-state index contributed by atoms with van der Waals surface area (Å²) in [5.41, 5.74) is 9.55. The van der Waals surface area contributed by atoms with Gasteiger partial charge in [-0.2, -0.15) is 0 Å². The topological polar surface area (TPSA) is 22.4 Å². The summed E-state index contributed by atoms with van der Waals surface area (Å²) < 4.78 is 12.6. The van der Waals surface area contributed by atoms with Gasteiger partial charge in [-0.15, -0.1) is 0 Å². The summed E-state index contributed by atoms with van der Waals surface area (Å²) in [7, 11) is 0. The van der Waals surface area contributed by atoms with Gasteiger partial charge >= 0.3 is 0 Å². The number of hydrogen-bond donors (Lipinski definition) is 0. The van der Waals surface area contributed by atoms with Crippen LogP contribution in [-0.2, 0) is 6.42 Å². The van der Waals surface area contributed by atoms with Crippen molar-refractivity contribution >= 4 is 65.4 Å². The van der Waals surface area contributed by atoms with Crippen molar-refractivity contribution in [2.75, 3.05) is 0 Å². The Morgan fingerprint density at radius 3 is 1.92 bits per heavy atom. The number of allylic oxidation sites excluding steroid dienone is 10. The molecule has 0 atom stereocenters. The molecule has 1 aliphatic heterocycles. The number of ether oxygens (including phenoxy) is 1. The van der Waals surface area contributed by atoms with Crippen LogP contribution in [-0.4, -0.2) is 0 Å². The number of para-hydroxylation sites is 1. The molecule has 0 fully saturated rings. The second-order valence-electron chi connectivity index (χ2n) is 13.2. The minimum Gasteiger partial charge on any atom is -0.461 e. The zero-order chi connectivity index (χ0) is 32.2. The molecule has 2 aliphatic rings. The van der Waals surface area contributed by atoms with E-state index in [1.54, 1.807) is 0 Å². The van der Waals surface area contributed by atoms with Gasteiger partial charge in [-0.05, 0) is 130 Å². The summed E-state index contributed by atoms with van der Waals surface area (Å²) in [4.78, 5) is 0. The summed E-state index contributed by atoms with van der Waals surface area (Å²) in [6.07, 6.45) is 17.9. The second-order valence-corrected chi connectivity index (χ2v) is 13.2. The first-order valence-corrected chi connectivity index (χ1v) is 17.0. The van der Waals surface area contributed by atoms with E-state index in [-0.39, 0.29) is 0 Å². The molecule has 0 amide bonds. The predicted molar refractivity (Wildman–Crippen MR) is 203 cm³/mol. The molecule has 232 valence electrons. The van der Waals surface area contributed by atoms with Crippen LogP contribution in [0.5, 0.6) is 5.75 Å². The average Bonchev–Trinajstić information content (AvgIpc) is 3.70. The van der Waals surface area contributed by atoms with E-state index in [0.717, 1.165) is 51.7 Å². The number of hydrogen-bond acceptors (Lipinski definition) is 2. The van der Waals surface area contributed by atoms with Crippen molar-refractivity contribution in [2.24, 2.45) is 0 Å². The minimum atomic E-state index is 0.772. The van der Waals surface area contributed by atoms with Crippen molar-refractivity contribution in [3.63, 3.8) is 0 Å². The maximum absolute atomic E-state index is 6.44. The van der Waals surface area contributed by atoms with Crippen LogP contribution in [0.2, 0.25) is 0 Å². The smallest absolute Gasteiger partial charge is 0.136 e. The molecule has 7 aromatic rings. The molecular weight excluding hydrogens is 585 g/mol. The fourth-order valence-corrected chi connectivity index (χ4v) is 7.71. The van der Waals surface area contributed by atoms with Crippen LogP contribution in [0.25, 0.3) is 65.4 Å². The van der Waals surface area contributed by atoms with Crippen molar-refractivity contribution in [2.45, 2.75) is 39.5 Å². The summed E-state index contributed by atoms with van der Waals surface area (Å²) >= 11 is 0. The lowest BCUT2D eigenvalue weighted by atomic mass is 9.86. The summed E-state index contributed by atoms with van der Waals surface area (Å²) in [5.74, 6) is 1.89. The SMILES string of the molecule is C/C(=C\C=C1\C=CCCC1)c1c2ccccc2c(/C(C)=C/C=C2\Cc3cc4cc5c(cc4cc3O2)oc2ccccc25)c2ccccc12. The number of rotatable bonds is 4. The van der Waals surface area contributed by atoms with Gasteiger partial charge in [0.2, 0.25) is 0 Å². The highest BCUT2D eigenvalue weighted by molar-refractivity contribution is 6.16. The van der Waals surface area contributed by atoms with Crippen LogP contribution in [0.15, 0.2) is 149 Å². The molecule has 1 aliphatic carbocycles. The summed E-state index contributed by atoms with van der Waals surface area (Å²) in [5, 5.41) is 9.76. The van der Waals surface area contributed by atoms with Crippen LogP contribution < -0.4 is 4.74 Å². The number of furan rings is 1. The molecule has 1 aromatic heterocycles. The van der Waals surface area contributed by atoms with Gasteiger partial charge in [0.05, 0.1) is 0 Å². The van der Waals surface area contributed by atoms with Gasteiger partial charge in [0.15, 0.2) is 0 Å². The molecular formula is C46H36O2. The van der Waals surface area contributed by atoms with E-state index >= 15 is 0 Å². The Bertz CT molecular complexity index is 2540. The van der Waals surface area contributed by atoms with Crippen LogP contribution in [0.1, 0.15) is 49.8 Å². The lowest BCUT2D eigenvalue weighted by Crippen LogP contribution is -1.94. The van der Waals surface area contributed by atoms with Gasteiger partial charge in [-0.3, -0.25) is 0 Å². The third kappa shape index (κ3) is 4.88. The van der Waals surface area contributed by atoms with Gasteiger partial charge in [-0.1, -0.05) is 97.1 Å². The highest BCUT2D eigenvalue weighted by Crippen LogP contribution is 2.41. The lowest BCUT2D eigenvalue weighted by Gasteiger charge is -2.18. The molecule has 2 nitrogen and oxygen atoms in total. The fourth-order valence-electron chi connectivity index (χ4n) is 7.71. The first-order chi connectivity index (χ1) is 23.6. The van der Waals surface area contributed by atoms with Crippen molar-refractivity contribution in [3.05, 3.63) is 162 Å². The second kappa shape index (κ2) is 11.6. The maximum Gasteiger partial charge on any atom is 0.136 e. The first-order valence-electron chi connectivity index (χ1n) is 17.0. The number of benzene rings is 6. The Morgan fingerprint density at radius 1 is 0.625 bits per heavy atom. The molecule has 6 aromatic carbocycles. The molecule has 0 spiro atoms. The first kappa shape index (κ1) is 28.6. The molecule has 0 saturated heterocycles. The predicted octanol–water partition coefficient (Wildman–Crippen LogP) is 13.0. The van der Waals surface area contributed by atoms with Gasteiger partial charge in [0.25, 0.3) is 0 Å². The van der Waals surface area contributed by atoms with Crippen molar-refractivity contribution in [1.29, 1.82) is 0 Å². The van der Waals surface area contributed by atoms with Gasteiger partial charge in [0.1, 0.15) is 22.7 Å². The minimum absolute atomic E-state index is 0.772. The van der Waals surface area contributed by atoms with E-state index in [0.29, 0.717) is 0 Å². The zero-order valence-corrected chi connectivity index (χ0v) is 27.3. The van der Waals surface area contributed by atoms with Gasteiger partial charge in [-0.25, -0.2) is 0 Å². The molecule has 0 unspecified atom stereocenters. The molecule has 2 heteroatoms. The van der Waals surface area contributed by atoms with E-state index in [1.807, 2.05) is 12.1 Å². The zero-order valence-electron chi connectivity index (χ0n) is 27.3. The van der Waals surface area contributed by atoms with E-state index in [1.165, 1.54) is 73.2 Å². The third-order valence-corrected chi connectivity index (χ3v) is 10.1. The Balaban J connectivity index is 1.09. The Morgan fingerprint density at radius 2 is 1.25 bits per heavy atom. The standard InChI is InChI=1S/C46H36O2/c1-29(20-22-31-12-4-3-5-13-31)45-37-15-6-8-17-39(37)46(40-18-9-7-16-38(40)45)30(2)21-23-35-25-34-24-32-26-41-36-14-10-11-19-42(36)48-44(41)28-33(32)27-43(34)47-35/h4,6-12,14-24,26-28H,3,5,13,25H2,1-2H3/b29-20+,30-21+,31-22-,35-23+. The summed E-state index contributed by atoms with van der Waals surface area (Å²) in [6, 6.07) is 34.8. The van der Waals surface area contributed by atoms with Crippen molar-refractivity contribution in [3.8, 4) is 5.75 Å². The fraction of sp³-hybridized carbons (Fsp3) is 0.130. The van der Waals surface area contributed by atoms with Crippen molar-refractivity contribution < 1.29 is 9.15 Å². The monoisotopic (exact) mass is 620 g/mol.